The number of benzene rings is 6. The van der Waals surface area contributed by atoms with Crippen LogP contribution in [0.5, 0.6) is 103 Å². The number of carbonyl (C=O) groups excluding carboxylic acids is 3. The minimum absolute atomic E-state index is 0. The van der Waals surface area contributed by atoms with E-state index in [1.165, 1.54) is 47.1 Å². The third kappa shape index (κ3) is 34.2. The zero-order valence-electron chi connectivity index (χ0n) is 55.0. The molecule has 0 spiro atoms. The molecule has 6 aromatic carbocycles. The van der Waals surface area contributed by atoms with Gasteiger partial charge < -0.3 is 115 Å². The molecule has 0 saturated carbocycles. The van der Waals surface area contributed by atoms with Crippen LogP contribution in [-0.4, -0.2) is 164 Å². The van der Waals surface area contributed by atoms with Crippen molar-refractivity contribution in [3.63, 3.8) is 0 Å². The summed E-state index contributed by atoms with van der Waals surface area (Å²) < 4.78 is 97.8. The van der Waals surface area contributed by atoms with E-state index < -0.39 is 36.1 Å². The minimum Gasteiger partial charge on any atom is -1.00 e. The summed E-state index contributed by atoms with van der Waals surface area (Å²) in [7, 11) is 10.9. The Morgan fingerprint density at radius 3 is 1.14 bits per heavy atom. The summed E-state index contributed by atoms with van der Waals surface area (Å²) in [5.74, 6) is 5.13. The molecule has 0 saturated heterocycles. The van der Waals surface area contributed by atoms with Crippen molar-refractivity contribution >= 4 is 114 Å². The maximum absolute atomic E-state index is 11.2. The molecular formula is C60H74AlBrCl4LiN2NaO27S2. The van der Waals surface area contributed by atoms with Crippen LogP contribution in [0.15, 0.2) is 72.8 Å². The van der Waals surface area contributed by atoms with Crippen LogP contribution in [0.2, 0.25) is 0 Å². The number of hydrogen-bond acceptors (Lipinski definition) is 27. The third-order valence-electron chi connectivity index (χ3n) is 11.2. The molecule has 39 heteroatoms. The van der Waals surface area contributed by atoms with Gasteiger partial charge in [-0.1, -0.05) is 23.4 Å². The van der Waals surface area contributed by atoms with Gasteiger partial charge in [0.2, 0.25) is 71.7 Å². The van der Waals surface area contributed by atoms with E-state index >= 15 is 0 Å². The molecule has 4 heterocycles. The van der Waals surface area contributed by atoms with Gasteiger partial charge in [0.05, 0.1) is 46.9 Å². The number of alkyl halides is 3. The number of rotatable bonds is 12. The zero-order valence-corrected chi connectivity index (χ0v) is 62.3. The second-order valence-corrected chi connectivity index (χ2v) is 25.9. The normalized spacial score (nSPS) is 11.3. The van der Waals surface area contributed by atoms with Crippen molar-refractivity contribution in [3.8, 4) is 103 Å². The van der Waals surface area contributed by atoms with E-state index in [4.69, 9.17) is 138 Å². The van der Waals surface area contributed by atoms with Gasteiger partial charge in [0.15, 0.2) is 109 Å². The molecule has 4 aliphatic heterocycles. The van der Waals surface area contributed by atoms with Crippen LogP contribution in [-0.2, 0) is 42.2 Å². The molecular weight excluding hydrogens is 1520 g/mol. The number of aromatic hydroxyl groups is 5. The van der Waals surface area contributed by atoms with E-state index in [0.717, 1.165) is 41.3 Å². The number of ether oxygens (including phenoxy) is 13. The van der Waals surface area contributed by atoms with Crippen molar-refractivity contribution in [2.45, 2.75) is 47.2 Å². The predicted octanol–water partition coefficient (Wildman–Crippen LogP) is 5.10. The minimum atomic E-state index is -4.06. The molecule has 0 aliphatic carbocycles. The monoisotopic (exact) mass is 1590 g/mol. The molecule has 10 rings (SSSR count). The molecule has 0 bridgehead atoms. The van der Waals surface area contributed by atoms with Crippen LogP contribution in [0.25, 0.3) is 4.85 Å². The number of aliphatic hydroxyl groups is 1. The molecule has 4 aliphatic rings. The number of halogens is 5. The Labute approximate surface area is 647 Å². The average molecular weight is 1600 g/mol. The van der Waals surface area contributed by atoms with Crippen molar-refractivity contribution < 1.29 is 179 Å². The van der Waals surface area contributed by atoms with Gasteiger partial charge in [0, 0.05) is 62.0 Å². The fourth-order valence-corrected chi connectivity index (χ4v) is 7.15. The van der Waals surface area contributed by atoms with Gasteiger partial charge in [0.1, 0.15) is 9.63 Å². The maximum atomic E-state index is 11.2. The van der Waals surface area contributed by atoms with Gasteiger partial charge in [-0.05, 0) is 105 Å². The number of ketones is 3. The summed E-state index contributed by atoms with van der Waals surface area (Å²) in [6, 6.07) is 18.8. The SMILES string of the molecule is C.CC(=O)c1cc(O)c(O)c(O)c1.COc1cc(C(C)=O)cc(O)c1O.COc1cc(C(C)=O)cc2c1OCO2.COc1cc(CCl)cc2c1OCO2.COc1cc(CO)cc2c1OCO2.CS(C)(=O)(O)OO.ClCBr.O=S(Cl)Cl.[AlH3].[C-]#N.[C-]#[N+]Cc1cc(OC)c2c(c1)OCO2.[H-].[Li+].[Na+]. The van der Waals surface area contributed by atoms with E-state index in [1.54, 1.807) is 51.7 Å². The Hall–Kier alpha value is -6.38. The largest absolute Gasteiger partial charge is 1.00 e. The fraction of sp³-hybridized carbons (Fsp3) is 0.317. The van der Waals surface area contributed by atoms with Gasteiger partial charge in [-0.3, -0.25) is 14.4 Å². The molecule has 0 fully saturated rings. The summed E-state index contributed by atoms with van der Waals surface area (Å²) in [6.45, 7) is 16.8. The van der Waals surface area contributed by atoms with E-state index in [-0.39, 0.29) is 149 Å². The number of nitrogens with zero attached hydrogens (tertiary/aromatic N) is 2. The van der Waals surface area contributed by atoms with E-state index in [0.29, 0.717) is 97.3 Å². The number of aliphatic hydroxyl groups excluding tert-OH is 1. The van der Waals surface area contributed by atoms with Crippen LogP contribution in [0.3, 0.4) is 0 Å². The van der Waals surface area contributed by atoms with Crippen molar-refractivity contribution in [3.05, 3.63) is 124 Å². The smallest absolute Gasteiger partial charge is 1.00 e. The number of Topliss-reactive ketones (excluding diaryl/α,β-unsaturated/α-hetero) is 3. The number of fused-ring (bicyclic) bond motifs is 4. The molecule has 6 aromatic rings. The quantitative estimate of drug-likeness (QED) is 0.0115. The molecule has 0 aromatic heterocycles. The van der Waals surface area contributed by atoms with Gasteiger partial charge in [-0.15, -0.1) is 27.5 Å². The summed E-state index contributed by atoms with van der Waals surface area (Å²) in [4.78, 5) is 36.7. The zero-order chi connectivity index (χ0) is 72.4. The Bertz CT molecular complexity index is 3630. The Morgan fingerprint density at radius 2 is 0.838 bits per heavy atom. The second-order valence-electron chi connectivity index (χ2n) is 18.2. The fourth-order valence-electron chi connectivity index (χ4n) is 7.00. The van der Waals surface area contributed by atoms with Crippen LogP contribution in [0, 0.1) is 18.4 Å². The van der Waals surface area contributed by atoms with E-state index in [2.05, 4.69) is 46.5 Å². The van der Waals surface area contributed by atoms with Gasteiger partial charge in [-0.2, -0.15) is 0 Å². The first-order valence-electron chi connectivity index (χ1n) is 25.8. The van der Waals surface area contributed by atoms with Crippen molar-refractivity contribution in [1.82, 2.24) is 0 Å². The van der Waals surface area contributed by atoms with Crippen LogP contribution in [0.1, 0.15) is 77.4 Å². The van der Waals surface area contributed by atoms with Gasteiger partial charge in [-0.25, -0.2) is 20.2 Å². The average Bonchev–Trinajstić information content (AvgIpc) is 1.66. The van der Waals surface area contributed by atoms with Crippen molar-refractivity contribution in [2.24, 2.45) is 0 Å². The first-order valence-corrected chi connectivity index (χ1v) is 33.5. The molecule has 99 heavy (non-hydrogen) atoms. The standard InChI is InChI=1S/C10H9NO3.C10H10O4.C9H9ClO3.2C9H10O4.C8H8O4.C2H8O4S.CH2BrCl.CN.CH4.Al.Cl2OS.Li.Na.4H/c1-11-5-7-3-8(12-2)10-9(4-7)13-6-14-10;1-6(11)7-3-8(12-2)10-9(4-7)13-5-14-10;2*1-11-7-2-6(4-10)3-8-9(7)13-5-12-8;1-5(10)6-3-7(11)9(12)8(4-6)13-2;1-4(9)5-2-6(10)8(12)7(11)3-5;1-7(2,4,5)6-3;2-1-3;1-2;;;1-4(2)3;;;;;;/h3-4H,5-6H2,2H3;3-4H,5H2,1-2H3;2-3H,4-5H2,1H3;2-3,10H,4-5H2,1H3;3-4,11-12H,1-2H3;2-3,10-12H,1H3;3H,1-2H3,(H,4,5);1H2;;1H4;;;;;;;;/q;;;;;;;;-1;;;;2*+1;;;;-1. The molecule has 0 radical (unpaired) electrons. The number of carbonyl (C=O) groups is 3. The first-order chi connectivity index (χ1) is 44.8. The van der Waals surface area contributed by atoms with E-state index in [9.17, 15) is 28.8 Å². The molecule has 0 atom stereocenters. The summed E-state index contributed by atoms with van der Waals surface area (Å²) >= 11 is 13.5. The number of phenols is 5. The molecule has 0 amide bonds. The summed E-state index contributed by atoms with van der Waals surface area (Å²) in [6.07, 6.45) is 1.80. The Balaban J connectivity index is -0.000000343. The van der Waals surface area contributed by atoms with Gasteiger partial charge in [0.25, 0.3) is 0 Å². The molecule has 29 nitrogen and oxygen atoms in total. The molecule has 0 unspecified atom stereocenters. The second kappa shape index (κ2) is 50.0. The van der Waals surface area contributed by atoms with Crippen LogP contribution < -0.4 is 110 Å². The summed E-state index contributed by atoms with van der Waals surface area (Å²) in [5.41, 5.74) is 3.60. The van der Waals surface area contributed by atoms with Crippen molar-refractivity contribution in [2.75, 3.05) is 80.0 Å². The topological polar surface area (TPSA) is 405 Å². The van der Waals surface area contributed by atoms with Crippen LogP contribution >= 0.6 is 60.5 Å². The number of phenolic OH excluding ortho intramolecular Hbond substituents is 5. The molecule has 8 N–H and O–H groups in total. The Kier molecular flexibility index (Phi) is 50.0. The number of methoxy groups -OCH3 is 5. The predicted molar refractivity (Wildman–Crippen MR) is 369 cm³/mol. The van der Waals surface area contributed by atoms with E-state index in [1.807, 2.05) is 18.2 Å². The summed E-state index contributed by atoms with van der Waals surface area (Å²) in [5, 5.41) is 68.1. The Morgan fingerprint density at radius 1 is 0.576 bits per heavy atom. The van der Waals surface area contributed by atoms with Crippen LogP contribution in [0.4, 0.5) is 0 Å². The number of hydrogen-bond donors (Lipinski definition) is 8. The first kappa shape index (κ1) is 99.0. The third-order valence-corrected chi connectivity index (χ3v) is 11.9. The van der Waals surface area contributed by atoms with Gasteiger partial charge >= 0.3 is 48.4 Å². The molecule has 538 valence electrons. The maximum Gasteiger partial charge on any atom is 1.00 e. The van der Waals surface area contributed by atoms with Crippen molar-refractivity contribution in [1.29, 1.82) is 5.26 Å².